The normalized spacial score (nSPS) is 13.5. The molecular formula is C25H25Cl2N3OS3. The number of anilines is 1. The first-order valence-electron chi connectivity index (χ1n) is 11.0. The maximum atomic E-state index is 12.9. The molecular weight excluding hydrogens is 525 g/mol. The molecule has 0 aliphatic carbocycles. The molecule has 1 aliphatic rings. The van der Waals surface area contributed by atoms with Crippen molar-refractivity contribution in [1.82, 2.24) is 9.88 Å². The summed E-state index contributed by atoms with van der Waals surface area (Å²) in [6.45, 7) is 5.23. The van der Waals surface area contributed by atoms with E-state index in [0.29, 0.717) is 6.42 Å². The number of carbonyl (C=O) groups excluding carboxylic acids is 1. The fraction of sp³-hybridized carbons (Fsp3) is 0.280. The van der Waals surface area contributed by atoms with Crippen LogP contribution in [0.15, 0.2) is 53.4 Å². The van der Waals surface area contributed by atoms with Gasteiger partial charge in [-0.25, -0.2) is 4.98 Å². The molecule has 3 heterocycles. The second-order valence-electron chi connectivity index (χ2n) is 7.91. The van der Waals surface area contributed by atoms with E-state index in [1.807, 2.05) is 36.4 Å². The lowest BCUT2D eigenvalue weighted by molar-refractivity contribution is -0.115. The molecule has 2 aromatic carbocycles. The molecule has 0 fully saturated rings. The highest BCUT2D eigenvalue weighted by molar-refractivity contribution is 7.99. The number of fused-ring (bicyclic) bond motifs is 2. The maximum absolute atomic E-state index is 12.9. The molecule has 1 aliphatic heterocycles. The van der Waals surface area contributed by atoms with E-state index in [4.69, 9.17) is 16.6 Å². The predicted octanol–water partition coefficient (Wildman–Crippen LogP) is 7.60. The standard InChI is InChI=1S/C25H24ClN3OS3.ClH/c1-2-29-13-11-18-21(15-29)33-25(23(18)24-27-19-5-3-4-6-20(19)32-24)28-22(30)12-14-31-17-9-7-16(26)8-10-17;/h3-10H,2,11-15H2,1H3,(H,28,30);1H. The topological polar surface area (TPSA) is 45.2 Å². The number of hydrogen-bond acceptors (Lipinski definition) is 6. The van der Waals surface area contributed by atoms with E-state index in [-0.39, 0.29) is 18.3 Å². The van der Waals surface area contributed by atoms with Crippen LogP contribution in [0, 0.1) is 0 Å². The van der Waals surface area contributed by atoms with Crippen LogP contribution in [0.25, 0.3) is 20.8 Å². The Balaban J connectivity index is 0.00000274. The summed E-state index contributed by atoms with van der Waals surface area (Å²) in [5, 5.41) is 5.90. The molecule has 0 saturated carbocycles. The highest BCUT2D eigenvalue weighted by atomic mass is 35.5. The smallest absolute Gasteiger partial charge is 0.225 e. The molecule has 1 amide bonds. The highest BCUT2D eigenvalue weighted by Gasteiger charge is 2.27. The average Bonchev–Trinajstić information content (AvgIpc) is 3.40. The lowest BCUT2D eigenvalue weighted by Crippen LogP contribution is -2.29. The number of benzene rings is 2. The van der Waals surface area contributed by atoms with Crippen LogP contribution in [0.4, 0.5) is 5.00 Å². The monoisotopic (exact) mass is 549 g/mol. The second-order valence-corrected chi connectivity index (χ2v) is 11.7. The summed E-state index contributed by atoms with van der Waals surface area (Å²) < 4.78 is 1.18. The zero-order valence-electron chi connectivity index (χ0n) is 18.7. The summed E-state index contributed by atoms with van der Waals surface area (Å²) in [5.74, 6) is 0.767. The third-order valence-corrected chi connectivity index (χ3v) is 9.21. The van der Waals surface area contributed by atoms with E-state index in [2.05, 4.69) is 29.3 Å². The average molecular weight is 551 g/mol. The number of thioether (sulfide) groups is 1. The predicted molar refractivity (Wildman–Crippen MR) is 150 cm³/mol. The number of nitrogens with zero attached hydrogens (tertiary/aromatic N) is 2. The quantitative estimate of drug-likeness (QED) is 0.241. The van der Waals surface area contributed by atoms with Crippen LogP contribution >= 0.6 is 58.4 Å². The minimum absolute atomic E-state index is 0. The van der Waals surface area contributed by atoms with E-state index in [9.17, 15) is 4.79 Å². The zero-order valence-corrected chi connectivity index (χ0v) is 22.7. The van der Waals surface area contributed by atoms with E-state index in [0.717, 1.165) is 62.8 Å². The molecule has 0 saturated heterocycles. The molecule has 9 heteroatoms. The number of aromatic nitrogens is 1. The van der Waals surface area contributed by atoms with Crippen LogP contribution in [0.3, 0.4) is 0 Å². The van der Waals surface area contributed by atoms with Gasteiger partial charge in [0.2, 0.25) is 5.91 Å². The summed E-state index contributed by atoms with van der Waals surface area (Å²) in [6, 6.07) is 16.0. The summed E-state index contributed by atoms with van der Waals surface area (Å²) in [5.41, 5.74) is 3.50. The summed E-state index contributed by atoms with van der Waals surface area (Å²) in [4.78, 5) is 22.7. The van der Waals surface area contributed by atoms with Gasteiger partial charge in [0.15, 0.2) is 0 Å². The molecule has 0 unspecified atom stereocenters. The van der Waals surface area contributed by atoms with Crippen LogP contribution in [0.2, 0.25) is 5.02 Å². The third-order valence-electron chi connectivity index (χ3n) is 5.76. The Labute approximate surface area is 223 Å². The van der Waals surface area contributed by atoms with Crippen molar-refractivity contribution in [3.05, 3.63) is 64.0 Å². The first kappa shape index (κ1) is 25.5. The number of carbonyl (C=O) groups is 1. The van der Waals surface area contributed by atoms with Crippen molar-refractivity contribution in [2.75, 3.05) is 24.2 Å². The Hall–Kier alpha value is -1.61. The highest BCUT2D eigenvalue weighted by Crippen LogP contribution is 2.45. The summed E-state index contributed by atoms with van der Waals surface area (Å²) in [7, 11) is 0. The van der Waals surface area contributed by atoms with Gasteiger partial charge in [-0.2, -0.15) is 0 Å². The lowest BCUT2D eigenvalue weighted by Gasteiger charge is -2.25. The van der Waals surface area contributed by atoms with E-state index >= 15 is 0 Å². The molecule has 1 N–H and O–H groups in total. The van der Waals surface area contributed by atoms with Crippen LogP contribution in [0.1, 0.15) is 23.8 Å². The number of thiazole rings is 1. The molecule has 34 heavy (non-hydrogen) atoms. The van der Waals surface area contributed by atoms with Crippen molar-refractivity contribution in [3.63, 3.8) is 0 Å². The van der Waals surface area contributed by atoms with E-state index in [1.54, 1.807) is 34.4 Å². The van der Waals surface area contributed by atoms with E-state index < -0.39 is 0 Å². The van der Waals surface area contributed by atoms with E-state index in [1.165, 1.54) is 15.1 Å². The fourth-order valence-corrected chi connectivity index (χ4v) is 7.40. The van der Waals surface area contributed by atoms with Crippen LogP contribution in [0.5, 0.6) is 0 Å². The Kier molecular flexibility index (Phi) is 8.56. The summed E-state index contributed by atoms with van der Waals surface area (Å²) >= 11 is 11.1. The van der Waals surface area contributed by atoms with Gasteiger partial charge in [-0.05, 0) is 54.9 Å². The minimum Gasteiger partial charge on any atom is -0.317 e. The second kappa shape index (κ2) is 11.4. The number of para-hydroxylation sites is 1. The molecule has 0 atom stereocenters. The van der Waals surface area contributed by atoms with Crippen molar-refractivity contribution >= 4 is 79.6 Å². The van der Waals surface area contributed by atoms with Crippen molar-refractivity contribution < 1.29 is 4.79 Å². The van der Waals surface area contributed by atoms with Crippen molar-refractivity contribution in [3.8, 4) is 10.6 Å². The van der Waals surface area contributed by atoms with Gasteiger partial charge in [0, 0.05) is 45.6 Å². The van der Waals surface area contributed by atoms with Gasteiger partial charge in [-0.3, -0.25) is 9.69 Å². The number of rotatable bonds is 7. The molecule has 0 radical (unpaired) electrons. The molecule has 2 aromatic heterocycles. The molecule has 4 nitrogen and oxygen atoms in total. The van der Waals surface area contributed by atoms with Crippen LogP contribution in [-0.4, -0.2) is 34.6 Å². The molecule has 4 aromatic rings. The Morgan fingerprint density at radius 2 is 1.97 bits per heavy atom. The van der Waals surface area contributed by atoms with Crippen molar-refractivity contribution in [2.24, 2.45) is 0 Å². The molecule has 0 bridgehead atoms. The Bertz CT molecular complexity index is 1250. The number of amides is 1. The van der Waals surface area contributed by atoms with Gasteiger partial charge in [-0.1, -0.05) is 30.7 Å². The Morgan fingerprint density at radius 3 is 2.74 bits per heavy atom. The van der Waals surface area contributed by atoms with Crippen molar-refractivity contribution in [2.45, 2.75) is 31.2 Å². The maximum Gasteiger partial charge on any atom is 0.225 e. The van der Waals surface area contributed by atoms with Gasteiger partial charge < -0.3 is 5.32 Å². The number of likely N-dealkylation sites (N-methyl/N-ethyl adjacent to an activating group) is 1. The SMILES string of the molecule is CCN1CCc2c(sc(NC(=O)CCSc3ccc(Cl)cc3)c2-c2nc3ccccc3s2)C1.Cl. The number of halogens is 2. The van der Waals surface area contributed by atoms with Crippen molar-refractivity contribution in [1.29, 1.82) is 0 Å². The first-order chi connectivity index (χ1) is 16.1. The van der Waals surface area contributed by atoms with Crippen LogP contribution < -0.4 is 5.32 Å². The largest absolute Gasteiger partial charge is 0.317 e. The fourth-order valence-electron chi connectivity index (χ4n) is 4.00. The number of nitrogens with one attached hydrogen (secondary N) is 1. The molecule has 178 valence electrons. The number of thiophene rings is 1. The minimum atomic E-state index is 0. The van der Waals surface area contributed by atoms with Gasteiger partial charge in [-0.15, -0.1) is 46.8 Å². The summed E-state index contributed by atoms with van der Waals surface area (Å²) in [6.07, 6.45) is 1.45. The number of hydrogen-bond donors (Lipinski definition) is 1. The molecule has 5 rings (SSSR count). The van der Waals surface area contributed by atoms with Gasteiger partial charge >= 0.3 is 0 Å². The molecule has 0 spiro atoms. The van der Waals surface area contributed by atoms with Gasteiger partial charge in [0.25, 0.3) is 0 Å². The Morgan fingerprint density at radius 1 is 1.18 bits per heavy atom. The lowest BCUT2D eigenvalue weighted by atomic mass is 10.0. The van der Waals surface area contributed by atoms with Gasteiger partial charge in [0.1, 0.15) is 10.0 Å². The van der Waals surface area contributed by atoms with Gasteiger partial charge in [0.05, 0.1) is 10.2 Å². The zero-order chi connectivity index (χ0) is 22.8. The third kappa shape index (κ3) is 5.61. The van der Waals surface area contributed by atoms with Crippen LogP contribution in [-0.2, 0) is 17.8 Å². The first-order valence-corrected chi connectivity index (χ1v) is 14.0.